The predicted molar refractivity (Wildman–Crippen MR) is 88.6 cm³/mol. The number of carbonyl (C=O) groups excluding carboxylic acids is 2. The summed E-state index contributed by atoms with van der Waals surface area (Å²) >= 11 is 1.27. The maximum absolute atomic E-state index is 12.3. The van der Waals surface area contributed by atoms with Crippen LogP contribution < -0.4 is 19.7 Å². The van der Waals surface area contributed by atoms with Crippen LogP contribution in [0.1, 0.15) is 6.42 Å². The van der Waals surface area contributed by atoms with Crippen molar-refractivity contribution in [1.29, 1.82) is 0 Å². The third-order valence-electron chi connectivity index (χ3n) is 4.03. The van der Waals surface area contributed by atoms with Crippen molar-refractivity contribution in [1.82, 2.24) is 4.37 Å². The van der Waals surface area contributed by atoms with Gasteiger partial charge in [-0.3, -0.25) is 9.59 Å². The van der Waals surface area contributed by atoms with Crippen LogP contribution in [0.3, 0.4) is 0 Å². The van der Waals surface area contributed by atoms with E-state index in [1.54, 1.807) is 28.6 Å². The van der Waals surface area contributed by atoms with Crippen LogP contribution in [0.4, 0.5) is 11.4 Å². The fourth-order valence-corrected chi connectivity index (χ4v) is 3.31. The van der Waals surface area contributed by atoms with E-state index in [1.807, 2.05) is 6.07 Å². The van der Waals surface area contributed by atoms with Crippen molar-refractivity contribution in [2.24, 2.45) is 5.92 Å². The first-order valence-corrected chi connectivity index (χ1v) is 8.44. The zero-order chi connectivity index (χ0) is 16.5. The van der Waals surface area contributed by atoms with Crippen molar-refractivity contribution >= 4 is 34.7 Å². The molecule has 1 aromatic carbocycles. The van der Waals surface area contributed by atoms with Gasteiger partial charge in [0.1, 0.15) is 13.2 Å². The SMILES string of the molecule is O=C(Nc1cnsc1)C1CC(=O)N(c2ccc3c(c2)OCCO3)C1. The van der Waals surface area contributed by atoms with Gasteiger partial charge in [-0.1, -0.05) is 0 Å². The fourth-order valence-electron chi connectivity index (χ4n) is 2.84. The van der Waals surface area contributed by atoms with Crippen LogP contribution in [0.5, 0.6) is 11.5 Å². The summed E-state index contributed by atoms with van der Waals surface area (Å²) in [5, 5.41) is 4.55. The van der Waals surface area contributed by atoms with Gasteiger partial charge in [0, 0.05) is 30.1 Å². The summed E-state index contributed by atoms with van der Waals surface area (Å²) in [6, 6.07) is 5.39. The van der Waals surface area contributed by atoms with Crippen LogP contribution in [0.25, 0.3) is 0 Å². The number of ether oxygens (including phenoxy) is 2. The summed E-state index contributed by atoms with van der Waals surface area (Å²) < 4.78 is 15.0. The number of nitrogens with zero attached hydrogens (tertiary/aromatic N) is 2. The van der Waals surface area contributed by atoms with E-state index in [-0.39, 0.29) is 24.2 Å². The number of benzene rings is 1. The van der Waals surface area contributed by atoms with E-state index in [0.29, 0.717) is 36.9 Å². The van der Waals surface area contributed by atoms with E-state index in [2.05, 4.69) is 9.69 Å². The summed E-state index contributed by atoms with van der Waals surface area (Å²) in [6.45, 7) is 1.36. The number of hydrogen-bond acceptors (Lipinski definition) is 6. The third-order valence-corrected chi connectivity index (χ3v) is 4.62. The first-order valence-electron chi connectivity index (χ1n) is 7.61. The molecule has 0 aliphatic carbocycles. The van der Waals surface area contributed by atoms with Gasteiger partial charge < -0.3 is 19.7 Å². The van der Waals surface area contributed by atoms with Crippen LogP contribution in [0.15, 0.2) is 29.8 Å². The minimum absolute atomic E-state index is 0.0738. The molecule has 1 fully saturated rings. The third kappa shape index (κ3) is 2.80. The Morgan fingerprint density at radius 2 is 2.12 bits per heavy atom. The zero-order valence-electron chi connectivity index (χ0n) is 12.7. The molecule has 1 unspecified atom stereocenters. The topological polar surface area (TPSA) is 80.8 Å². The molecule has 2 aliphatic heterocycles. The average molecular weight is 345 g/mol. The highest BCUT2D eigenvalue weighted by Crippen LogP contribution is 2.36. The van der Waals surface area contributed by atoms with Crippen molar-refractivity contribution in [3.63, 3.8) is 0 Å². The monoisotopic (exact) mass is 345 g/mol. The Hall–Kier alpha value is -2.61. The fraction of sp³-hybridized carbons (Fsp3) is 0.312. The van der Waals surface area contributed by atoms with Crippen LogP contribution in [0.2, 0.25) is 0 Å². The minimum Gasteiger partial charge on any atom is -0.486 e. The molecule has 124 valence electrons. The lowest BCUT2D eigenvalue weighted by Gasteiger charge is -2.22. The highest BCUT2D eigenvalue weighted by atomic mass is 32.1. The molecular formula is C16H15N3O4S. The summed E-state index contributed by atoms with van der Waals surface area (Å²) in [5.41, 5.74) is 1.38. The second-order valence-electron chi connectivity index (χ2n) is 5.64. The van der Waals surface area contributed by atoms with Gasteiger partial charge in [0.2, 0.25) is 11.8 Å². The van der Waals surface area contributed by atoms with E-state index < -0.39 is 0 Å². The van der Waals surface area contributed by atoms with E-state index in [0.717, 1.165) is 5.69 Å². The molecule has 4 rings (SSSR count). The predicted octanol–water partition coefficient (Wildman–Crippen LogP) is 1.91. The lowest BCUT2D eigenvalue weighted by molar-refractivity contribution is -0.122. The molecule has 2 aliphatic rings. The molecule has 2 amide bonds. The van der Waals surface area contributed by atoms with Gasteiger partial charge in [-0.2, -0.15) is 4.37 Å². The highest BCUT2D eigenvalue weighted by molar-refractivity contribution is 7.04. The quantitative estimate of drug-likeness (QED) is 0.919. The molecular weight excluding hydrogens is 330 g/mol. The normalized spacial score (nSPS) is 19.4. The Morgan fingerprint density at radius 3 is 2.92 bits per heavy atom. The molecule has 8 heteroatoms. The Morgan fingerprint density at radius 1 is 1.29 bits per heavy atom. The van der Waals surface area contributed by atoms with Crippen LogP contribution in [-0.4, -0.2) is 35.9 Å². The number of hydrogen-bond donors (Lipinski definition) is 1. The van der Waals surface area contributed by atoms with Crippen molar-refractivity contribution < 1.29 is 19.1 Å². The van der Waals surface area contributed by atoms with Gasteiger partial charge in [-0.25, -0.2) is 0 Å². The lowest BCUT2D eigenvalue weighted by Crippen LogP contribution is -2.28. The van der Waals surface area contributed by atoms with Crippen LogP contribution in [0, 0.1) is 5.92 Å². The molecule has 1 saturated heterocycles. The van der Waals surface area contributed by atoms with Gasteiger partial charge in [0.15, 0.2) is 11.5 Å². The Labute approximate surface area is 142 Å². The molecule has 1 aromatic heterocycles. The molecule has 0 spiro atoms. The Balaban J connectivity index is 1.49. The first kappa shape index (κ1) is 14.9. The first-order chi connectivity index (χ1) is 11.7. The highest BCUT2D eigenvalue weighted by Gasteiger charge is 2.35. The largest absolute Gasteiger partial charge is 0.486 e. The summed E-state index contributed by atoms with van der Waals surface area (Å²) in [7, 11) is 0. The molecule has 0 bridgehead atoms. The summed E-state index contributed by atoms with van der Waals surface area (Å²) in [4.78, 5) is 26.3. The molecule has 0 radical (unpaired) electrons. The molecule has 7 nitrogen and oxygen atoms in total. The van der Waals surface area contributed by atoms with Crippen LogP contribution >= 0.6 is 11.5 Å². The summed E-state index contributed by atoms with van der Waals surface area (Å²) in [5.74, 6) is 0.684. The van der Waals surface area contributed by atoms with Gasteiger partial charge in [0.25, 0.3) is 0 Å². The van der Waals surface area contributed by atoms with E-state index in [1.165, 1.54) is 11.5 Å². The molecule has 2 aromatic rings. The van der Waals surface area contributed by atoms with Gasteiger partial charge in [-0.05, 0) is 23.7 Å². The number of rotatable bonds is 3. The maximum atomic E-state index is 12.3. The number of anilines is 2. The van der Waals surface area contributed by atoms with Gasteiger partial charge in [0.05, 0.1) is 17.8 Å². The summed E-state index contributed by atoms with van der Waals surface area (Å²) in [6.07, 6.45) is 1.79. The molecule has 3 heterocycles. The number of amides is 2. The number of nitrogens with one attached hydrogen (secondary N) is 1. The lowest BCUT2D eigenvalue weighted by atomic mass is 10.1. The van der Waals surface area contributed by atoms with Crippen molar-refractivity contribution in [2.75, 3.05) is 30.0 Å². The van der Waals surface area contributed by atoms with Gasteiger partial charge >= 0.3 is 0 Å². The van der Waals surface area contributed by atoms with Gasteiger partial charge in [-0.15, -0.1) is 0 Å². The Bertz CT molecular complexity index is 778. The van der Waals surface area contributed by atoms with Crippen LogP contribution in [-0.2, 0) is 9.59 Å². The zero-order valence-corrected chi connectivity index (χ0v) is 13.5. The second-order valence-corrected chi connectivity index (χ2v) is 6.29. The molecule has 0 saturated carbocycles. The minimum atomic E-state index is -0.384. The number of fused-ring (bicyclic) bond motifs is 1. The van der Waals surface area contributed by atoms with E-state index >= 15 is 0 Å². The maximum Gasteiger partial charge on any atom is 0.229 e. The Kier molecular flexibility index (Phi) is 3.81. The van der Waals surface area contributed by atoms with Crippen molar-refractivity contribution in [3.8, 4) is 11.5 Å². The van der Waals surface area contributed by atoms with Crippen molar-refractivity contribution in [3.05, 3.63) is 29.8 Å². The second kappa shape index (κ2) is 6.12. The molecule has 1 N–H and O–H groups in total. The molecule has 24 heavy (non-hydrogen) atoms. The molecule has 1 atom stereocenters. The van der Waals surface area contributed by atoms with E-state index in [9.17, 15) is 9.59 Å². The number of aromatic nitrogens is 1. The smallest absolute Gasteiger partial charge is 0.229 e. The van der Waals surface area contributed by atoms with Crippen molar-refractivity contribution in [2.45, 2.75) is 6.42 Å². The average Bonchev–Trinajstić information content (AvgIpc) is 3.24. The van der Waals surface area contributed by atoms with E-state index in [4.69, 9.17) is 9.47 Å². The number of carbonyl (C=O) groups is 2. The standard InChI is InChI=1S/C16H15N3O4S/c20-15-5-10(16(21)18-11-7-17-24-9-11)8-19(15)12-1-2-13-14(6-12)23-4-3-22-13/h1-2,6-7,9-10H,3-5,8H2,(H,18,21).